The van der Waals surface area contributed by atoms with Crippen LogP contribution in [0, 0.1) is 0 Å². The largest absolute Gasteiger partial charge is 0.432 e. The average molecular weight is 396 g/mol. The first kappa shape index (κ1) is 18.4. The van der Waals surface area contributed by atoms with E-state index in [1.54, 1.807) is 35.2 Å². The van der Waals surface area contributed by atoms with E-state index in [2.05, 4.69) is 4.98 Å². The SMILES string of the molecule is O=C(c1ncc(-c2ccccc2)o1)N1CCCC1CS(=O)(=O)c1ccccc1. The molecule has 28 heavy (non-hydrogen) atoms. The predicted octanol–water partition coefficient (Wildman–Crippen LogP) is 3.42. The second-order valence-corrected chi connectivity index (χ2v) is 8.82. The van der Waals surface area contributed by atoms with Crippen molar-refractivity contribution in [1.29, 1.82) is 0 Å². The number of likely N-dealkylation sites (tertiary alicyclic amines) is 1. The Morgan fingerprint density at radius 2 is 1.75 bits per heavy atom. The number of benzene rings is 2. The number of oxazole rings is 1. The van der Waals surface area contributed by atoms with Crippen LogP contribution < -0.4 is 0 Å². The molecule has 0 aliphatic carbocycles. The molecule has 2 heterocycles. The maximum Gasteiger partial charge on any atom is 0.310 e. The molecule has 1 fully saturated rings. The summed E-state index contributed by atoms with van der Waals surface area (Å²) < 4.78 is 31.1. The Morgan fingerprint density at radius 3 is 2.46 bits per heavy atom. The minimum atomic E-state index is -3.48. The van der Waals surface area contributed by atoms with E-state index >= 15 is 0 Å². The van der Waals surface area contributed by atoms with Crippen molar-refractivity contribution in [1.82, 2.24) is 9.88 Å². The third-order valence-corrected chi connectivity index (χ3v) is 6.71. The summed E-state index contributed by atoms with van der Waals surface area (Å²) >= 11 is 0. The molecule has 1 aliphatic heterocycles. The van der Waals surface area contributed by atoms with E-state index in [0.717, 1.165) is 12.0 Å². The molecule has 0 spiro atoms. The van der Waals surface area contributed by atoms with Crippen molar-refractivity contribution in [2.24, 2.45) is 0 Å². The van der Waals surface area contributed by atoms with Gasteiger partial charge in [0.25, 0.3) is 5.89 Å². The van der Waals surface area contributed by atoms with Crippen molar-refractivity contribution in [2.75, 3.05) is 12.3 Å². The molecule has 1 atom stereocenters. The minimum absolute atomic E-state index is 0.0112. The van der Waals surface area contributed by atoms with Gasteiger partial charge in [0, 0.05) is 18.2 Å². The molecule has 2 aromatic carbocycles. The van der Waals surface area contributed by atoms with Crippen LogP contribution in [0.4, 0.5) is 0 Å². The molecule has 0 bridgehead atoms. The maximum atomic E-state index is 12.9. The zero-order chi connectivity index (χ0) is 19.6. The van der Waals surface area contributed by atoms with Crippen LogP contribution in [-0.2, 0) is 9.84 Å². The summed E-state index contributed by atoms with van der Waals surface area (Å²) in [6, 6.07) is 17.3. The summed E-state index contributed by atoms with van der Waals surface area (Å²) in [5.74, 6) is 0.0297. The Morgan fingerprint density at radius 1 is 1.07 bits per heavy atom. The third-order valence-electron chi connectivity index (χ3n) is 4.90. The number of sulfone groups is 1. The minimum Gasteiger partial charge on any atom is -0.432 e. The zero-order valence-corrected chi connectivity index (χ0v) is 16.0. The maximum absolute atomic E-state index is 12.9. The number of amides is 1. The summed E-state index contributed by atoms with van der Waals surface area (Å²) in [4.78, 5) is 18.9. The first-order chi connectivity index (χ1) is 13.5. The van der Waals surface area contributed by atoms with E-state index in [9.17, 15) is 13.2 Å². The van der Waals surface area contributed by atoms with Gasteiger partial charge in [-0.05, 0) is 25.0 Å². The Labute approximate surface area is 163 Å². The van der Waals surface area contributed by atoms with Crippen LogP contribution >= 0.6 is 0 Å². The lowest BCUT2D eigenvalue weighted by molar-refractivity contribution is 0.0710. The zero-order valence-electron chi connectivity index (χ0n) is 15.2. The molecular formula is C21H20N2O4S. The molecule has 4 rings (SSSR count). The molecular weight excluding hydrogens is 376 g/mol. The molecule has 1 aliphatic rings. The van der Waals surface area contributed by atoms with Crippen molar-refractivity contribution in [3.63, 3.8) is 0 Å². The van der Waals surface area contributed by atoms with Gasteiger partial charge in [-0.1, -0.05) is 48.5 Å². The van der Waals surface area contributed by atoms with Crippen molar-refractivity contribution >= 4 is 15.7 Å². The van der Waals surface area contributed by atoms with Crippen LogP contribution in [-0.4, -0.2) is 42.5 Å². The summed E-state index contributed by atoms with van der Waals surface area (Å²) in [5.41, 5.74) is 0.832. The number of hydrogen-bond acceptors (Lipinski definition) is 5. The molecule has 1 saturated heterocycles. The highest BCUT2D eigenvalue weighted by Crippen LogP contribution is 2.26. The van der Waals surface area contributed by atoms with E-state index in [0.29, 0.717) is 18.7 Å². The summed E-state index contributed by atoms with van der Waals surface area (Å²) in [5, 5.41) is 0. The molecule has 3 aromatic rings. The van der Waals surface area contributed by atoms with Gasteiger partial charge >= 0.3 is 5.91 Å². The van der Waals surface area contributed by atoms with Gasteiger partial charge in [-0.3, -0.25) is 4.79 Å². The topological polar surface area (TPSA) is 80.5 Å². The lowest BCUT2D eigenvalue weighted by Gasteiger charge is -2.23. The van der Waals surface area contributed by atoms with Gasteiger partial charge in [-0.25, -0.2) is 13.4 Å². The fraction of sp³-hybridized carbons (Fsp3) is 0.238. The standard InChI is InChI=1S/C21H20N2O4S/c24-21(20-22-14-19(27-20)16-8-3-1-4-9-16)23-13-7-10-17(23)15-28(25,26)18-11-5-2-6-12-18/h1-6,8-9,11-12,14,17H,7,10,13,15H2. The lowest BCUT2D eigenvalue weighted by Crippen LogP contribution is -2.39. The molecule has 144 valence electrons. The van der Waals surface area contributed by atoms with Crippen LogP contribution in [0.2, 0.25) is 0 Å². The summed E-state index contributed by atoms with van der Waals surface area (Å²) in [7, 11) is -3.48. The smallest absolute Gasteiger partial charge is 0.310 e. The number of rotatable bonds is 5. The molecule has 0 radical (unpaired) electrons. The lowest BCUT2D eigenvalue weighted by atomic mass is 10.2. The van der Waals surface area contributed by atoms with E-state index < -0.39 is 9.84 Å². The van der Waals surface area contributed by atoms with Gasteiger partial charge in [0.2, 0.25) is 0 Å². The van der Waals surface area contributed by atoms with Gasteiger partial charge in [0.1, 0.15) is 0 Å². The number of hydrogen-bond donors (Lipinski definition) is 0. The highest BCUT2D eigenvalue weighted by Gasteiger charge is 2.35. The first-order valence-electron chi connectivity index (χ1n) is 9.14. The van der Waals surface area contributed by atoms with Crippen molar-refractivity contribution in [3.05, 3.63) is 72.8 Å². The van der Waals surface area contributed by atoms with Gasteiger partial charge < -0.3 is 9.32 Å². The Balaban J connectivity index is 1.52. The predicted molar refractivity (Wildman–Crippen MR) is 104 cm³/mol. The molecule has 0 N–H and O–H groups in total. The van der Waals surface area contributed by atoms with Crippen LogP contribution in [0.5, 0.6) is 0 Å². The molecule has 7 heteroatoms. The summed E-state index contributed by atoms with van der Waals surface area (Å²) in [6.07, 6.45) is 2.92. The van der Waals surface area contributed by atoms with E-state index in [1.807, 2.05) is 30.3 Å². The fourth-order valence-corrected chi connectivity index (χ4v) is 5.10. The van der Waals surface area contributed by atoms with Gasteiger partial charge in [-0.2, -0.15) is 0 Å². The molecule has 0 saturated carbocycles. The molecule has 1 aromatic heterocycles. The van der Waals surface area contributed by atoms with Crippen LogP contribution in [0.15, 0.2) is 76.2 Å². The van der Waals surface area contributed by atoms with Crippen molar-refractivity contribution < 1.29 is 17.6 Å². The van der Waals surface area contributed by atoms with Crippen molar-refractivity contribution in [3.8, 4) is 11.3 Å². The van der Waals surface area contributed by atoms with Gasteiger partial charge in [-0.15, -0.1) is 0 Å². The first-order valence-corrected chi connectivity index (χ1v) is 10.8. The Kier molecular flexibility index (Phi) is 5.00. The molecule has 1 unspecified atom stereocenters. The molecule has 6 nitrogen and oxygen atoms in total. The normalized spacial score (nSPS) is 17.0. The monoisotopic (exact) mass is 396 g/mol. The van der Waals surface area contributed by atoms with Crippen LogP contribution in [0.25, 0.3) is 11.3 Å². The van der Waals surface area contributed by atoms with E-state index in [1.165, 1.54) is 6.20 Å². The van der Waals surface area contributed by atoms with Crippen LogP contribution in [0.1, 0.15) is 23.5 Å². The number of carbonyl (C=O) groups is 1. The Hall–Kier alpha value is -2.93. The highest BCUT2D eigenvalue weighted by molar-refractivity contribution is 7.91. The van der Waals surface area contributed by atoms with Gasteiger partial charge in [0.05, 0.1) is 16.8 Å². The van der Waals surface area contributed by atoms with Gasteiger partial charge in [0.15, 0.2) is 15.6 Å². The quantitative estimate of drug-likeness (QED) is 0.660. The Bertz CT molecular complexity index is 1060. The van der Waals surface area contributed by atoms with Crippen LogP contribution in [0.3, 0.4) is 0 Å². The van der Waals surface area contributed by atoms with E-state index in [4.69, 9.17) is 4.42 Å². The fourth-order valence-electron chi connectivity index (χ4n) is 3.49. The number of nitrogens with zero attached hydrogens (tertiary/aromatic N) is 2. The third kappa shape index (κ3) is 3.71. The number of aromatic nitrogens is 1. The average Bonchev–Trinajstić information content (AvgIpc) is 3.38. The van der Waals surface area contributed by atoms with E-state index in [-0.39, 0.29) is 28.5 Å². The molecule has 1 amide bonds. The summed E-state index contributed by atoms with van der Waals surface area (Å²) in [6.45, 7) is 0.497. The van der Waals surface area contributed by atoms with Crippen molar-refractivity contribution in [2.45, 2.75) is 23.8 Å². The second-order valence-electron chi connectivity index (χ2n) is 6.78. The highest BCUT2D eigenvalue weighted by atomic mass is 32.2. The second kappa shape index (κ2) is 7.59. The number of carbonyl (C=O) groups excluding carboxylic acids is 1.